The highest BCUT2D eigenvalue weighted by Crippen LogP contribution is 2.13. The summed E-state index contributed by atoms with van der Waals surface area (Å²) in [5.74, 6) is -0.273. The van der Waals surface area contributed by atoms with Gasteiger partial charge in [-0.2, -0.15) is 0 Å². The van der Waals surface area contributed by atoms with Gasteiger partial charge >= 0.3 is 0 Å². The summed E-state index contributed by atoms with van der Waals surface area (Å²) in [6.45, 7) is 1.64. The Bertz CT molecular complexity index is 816. The van der Waals surface area contributed by atoms with Crippen LogP contribution in [-0.2, 0) is 16.6 Å². The van der Waals surface area contributed by atoms with Gasteiger partial charge in [0.25, 0.3) is 5.91 Å². The third kappa shape index (κ3) is 4.85. The lowest BCUT2D eigenvalue weighted by Crippen LogP contribution is -2.37. The number of aromatic nitrogens is 1. The molecule has 3 N–H and O–H groups in total. The van der Waals surface area contributed by atoms with Crippen LogP contribution < -0.4 is 15.4 Å². The third-order valence-electron chi connectivity index (χ3n) is 3.97. The van der Waals surface area contributed by atoms with Crippen LogP contribution in [0.25, 0.3) is 0 Å². The van der Waals surface area contributed by atoms with Gasteiger partial charge in [0.15, 0.2) is 0 Å². The Balaban J connectivity index is 1.64. The van der Waals surface area contributed by atoms with E-state index in [9.17, 15) is 13.2 Å². The fraction of sp³-hybridized carbons (Fsp3) is 0.375. The van der Waals surface area contributed by atoms with Crippen molar-refractivity contribution in [1.29, 1.82) is 0 Å². The van der Waals surface area contributed by atoms with Crippen molar-refractivity contribution >= 4 is 27.3 Å². The van der Waals surface area contributed by atoms with Gasteiger partial charge in [0.2, 0.25) is 10.0 Å². The molecule has 3 rings (SSSR count). The van der Waals surface area contributed by atoms with Crippen LogP contribution in [0.3, 0.4) is 0 Å². The molecule has 25 heavy (non-hydrogen) atoms. The Morgan fingerprint density at radius 3 is 3.00 bits per heavy atom. The van der Waals surface area contributed by atoms with Crippen molar-refractivity contribution in [2.24, 2.45) is 0 Å². The molecule has 1 aliphatic rings. The second kappa shape index (κ2) is 8.05. The Labute approximate surface area is 150 Å². The predicted octanol–water partition coefficient (Wildman–Crippen LogP) is 1.10. The lowest BCUT2D eigenvalue weighted by atomic mass is 10.2. The predicted molar refractivity (Wildman–Crippen MR) is 95.9 cm³/mol. The fourth-order valence-electron chi connectivity index (χ4n) is 2.63. The molecule has 0 radical (unpaired) electrons. The van der Waals surface area contributed by atoms with Crippen LogP contribution in [0.15, 0.2) is 40.7 Å². The van der Waals surface area contributed by atoms with E-state index >= 15 is 0 Å². The first kappa shape index (κ1) is 18.0. The molecule has 7 nitrogen and oxygen atoms in total. The molecule has 0 bridgehead atoms. The van der Waals surface area contributed by atoms with Gasteiger partial charge in [-0.3, -0.25) is 4.79 Å². The first-order valence-electron chi connectivity index (χ1n) is 8.04. The fourth-order valence-corrected chi connectivity index (χ4v) is 4.31. The van der Waals surface area contributed by atoms with Crippen LogP contribution >= 0.6 is 11.3 Å². The maximum absolute atomic E-state index is 12.4. The van der Waals surface area contributed by atoms with E-state index in [0.29, 0.717) is 17.1 Å². The Morgan fingerprint density at radius 1 is 1.40 bits per heavy atom. The second-order valence-electron chi connectivity index (χ2n) is 5.78. The van der Waals surface area contributed by atoms with E-state index < -0.39 is 10.0 Å². The van der Waals surface area contributed by atoms with E-state index in [1.165, 1.54) is 23.5 Å². The van der Waals surface area contributed by atoms with Crippen LogP contribution in [0.5, 0.6) is 0 Å². The number of carbonyl (C=O) groups is 1. The van der Waals surface area contributed by atoms with E-state index in [2.05, 4.69) is 20.3 Å². The highest BCUT2D eigenvalue weighted by Gasteiger charge is 2.18. The monoisotopic (exact) mass is 380 g/mol. The van der Waals surface area contributed by atoms with E-state index in [4.69, 9.17) is 0 Å². The molecule has 1 aliphatic heterocycles. The average Bonchev–Trinajstić information content (AvgIpc) is 3.31. The number of benzene rings is 1. The summed E-state index contributed by atoms with van der Waals surface area (Å²) in [7, 11) is -3.70. The number of hydrogen-bond acceptors (Lipinski definition) is 6. The zero-order chi connectivity index (χ0) is 17.7. The number of nitrogens with one attached hydrogen (secondary N) is 3. The number of sulfonamides is 1. The minimum atomic E-state index is -3.70. The smallest absolute Gasteiger partial charge is 0.251 e. The summed E-state index contributed by atoms with van der Waals surface area (Å²) in [5.41, 5.74) is 0.329. The SMILES string of the molecule is O=C(NC[C@@H]1CCCN1)c1cccc(S(=O)(=O)NCc2nccs2)c1. The van der Waals surface area contributed by atoms with E-state index in [1.807, 2.05) is 0 Å². The number of carbonyl (C=O) groups excluding carboxylic acids is 1. The molecule has 0 unspecified atom stereocenters. The minimum Gasteiger partial charge on any atom is -0.350 e. The van der Waals surface area contributed by atoms with Gasteiger partial charge < -0.3 is 10.6 Å². The highest BCUT2D eigenvalue weighted by atomic mass is 32.2. The van der Waals surface area contributed by atoms with Gasteiger partial charge in [0, 0.05) is 29.7 Å². The topological polar surface area (TPSA) is 100 Å². The van der Waals surface area contributed by atoms with E-state index in [-0.39, 0.29) is 23.4 Å². The van der Waals surface area contributed by atoms with Crippen LogP contribution in [0.4, 0.5) is 0 Å². The second-order valence-corrected chi connectivity index (χ2v) is 8.53. The summed E-state index contributed by atoms with van der Waals surface area (Å²) < 4.78 is 27.3. The van der Waals surface area contributed by atoms with Crippen molar-refractivity contribution in [1.82, 2.24) is 20.3 Å². The Kier molecular flexibility index (Phi) is 5.79. The number of rotatable bonds is 7. The third-order valence-corrected chi connectivity index (χ3v) is 6.15. The molecule has 2 heterocycles. The molecule has 0 spiro atoms. The minimum absolute atomic E-state index is 0.0655. The maximum atomic E-state index is 12.4. The molecule has 0 aliphatic carbocycles. The first-order valence-corrected chi connectivity index (χ1v) is 10.4. The molecule has 2 aromatic rings. The Morgan fingerprint density at radius 2 is 2.28 bits per heavy atom. The molecule has 0 saturated carbocycles. The maximum Gasteiger partial charge on any atom is 0.251 e. The van der Waals surface area contributed by atoms with Gasteiger partial charge in [0.1, 0.15) is 5.01 Å². The quantitative estimate of drug-likeness (QED) is 0.668. The van der Waals surface area contributed by atoms with Crippen molar-refractivity contribution in [3.8, 4) is 0 Å². The molecule has 1 amide bonds. The summed E-state index contributed by atoms with van der Waals surface area (Å²) >= 11 is 1.38. The van der Waals surface area contributed by atoms with Gasteiger partial charge in [-0.05, 0) is 37.6 Å². The van der Waals surface area contributed by atoms with Gasteiger partial charge in [-0.25, -0.2) is 18.1 Å². The lowest BCUT2D eigenvalue weighted by Gasteiger charge is -2.12. The molecule has 134 valence electrons. The first-order chi connectivity index (χ1) is 12.0. The van der Waals surface area contributed by atoms with Crippen LogP contribution in [-0.4, -0.2) is 38.4 Å². The summed E-state index contributed by atoms with van der Waals surface area (Å²) in [6.07, 6.45) is 3.77. The zero-order valence-corrected chi connectivity index (χ0v) is 15.2. The number of hydrogen-bond donors (Lipinski definition) is 3. The van der Waals surface area contributed by atoms with Crippen LogP contribution in [0.2, 0.25) is 0 Å². The number of amides is 1. The van der Waals surface area contributed by atoms with Gasteiger partial charge in [-0.1, -0.05) is 6.07 Å². The average molecular weight is 380 g/mol. The summed E-state index contributed by atoms with van der Waals surface area (Å²) in [6, 6.07) is 6.33. The van der Waals surface area contributed by atoms with E-state index in [1.54, 1.807) is 23.7 Å². The molecule has 1 aromatic carbocycles. The standard InChI is InChI=1S/C16H20N4O3S2/c21-16(19-10-13-4-2-6-17-13)12-3-1-5-14(9-12)25(22,23)20-11-15-18-7-8-24-15/h1,3,5,7-9,13,17,20H,2,4,6,10-11H2,(H,19,21)/t13-/m0/s1. The van der Waals surface area contributed by atoms with Crippen molar-refractivity contribution in [2.75, 3.05) is 13.1 Å². The van der Waals surface area contributed by atoms with Crippen molar-refractivity contribution in [3.05, 3.63) is 46.4 Å². The lowest BCUT2D eigenvalue weighted by molar-refractivity contribution is 0.0950. The number of nitrogens with zero attached hydrogens (tertiary/aromatic N) is 1. The van der Waals surface area contributed by atoms with E-state index in [0.717, 1.165) is 19.4 Å². The highest BCUT2D eigenvalue weighted by molar-refractivity contribution is 7.89. The van der Waals surface area contributed by atoms with Gasteiger partial charge in [-0.15, -0.1) is 11.3 Å². The number of thiazole rings is 1. The van der Waals surface area contributed by atoms with Crippen LogP contribution in [0.1, 0.15) is 28.2 Å². The summed E-state index contributed by atoms with van der Waals surface area (Å²) in [4.78, 5) is 16.4. The summed E-state index contributed by atoms with van der Waals surface area (Å²) in [5, 5.41) is 8.62. The largest absolute Gasteiger partial charge is 0.350 e. The molecule has 1 fully saturated rings. The van der Waals surface area contributed by atoms with Crippen LogP contribution in [0, 0.1) is 0 Å². The molecular formula is C16H20N4O3S2. The van der Waals surface area contributed by atoms with Gasteiger partial charge in [0.05, 0.1) is 11.4 Å². The van der Waals surface area contributed by atoms with Crippen molar-refractivity contribution < 1.29 is 13.2 Å². The molecule has 9 heteroatoms. The molecular weight excluding hydrogens is 360 g/mol. The molecule has 1 saturated heterocycles. The van der Waals surface area contributed by atoms with Crippen molar-refractivity contribution in [2.45, 2.75) is 30.3 Å². The van der Waals surface area contributed by atoms with Crippen molar-refractivity contribution in [3.63, 3.8) is 0 Å². The zero-order valence-electron chi connectivity index (χ0n) is 13.6. The molecule has 1 aromatic heterocycles. The molecule has 1 atom stereocenters. The normalized spacial score (nSPS) is 17.5. The Hall–Kier alpha value is -1.81.